The number of rotatable bonds is 4. The first-order valence-electron chi connectivity index (χ1n) is 10.8. The van der Waals surface area contributed by atoms with Gasteiger partial charge in [0.15, 0.2) is 0 Å². The fraction of sp³-hybridized carbons (Fsp3) is 0.0741. The van der Waals surface area contributed by atoms with Crippen molar-refractivity contribution in [1.82, 2.24) is 9.97 Å². The molecule has 5 rings (SSSR count). The zero-order chi connectivity index (χ0) is 24.8. The monoisotopic (exact) mass is 528 g/mol. The second-order valence-electron chi connectivity index (χ2n) is 7.63. The van der Waals surface area contributed by atoms with E-state index in [4.69, 9.17) is 10.1 Å². The molecule has 0 fully saturated rings. The summed E-state index contributed by atoms with van der Waals surface area (Å²) in [5.41, 5.74) is 3.62. The van der Waals surface area contributed by atoms with E-state index in [-0.39, 0.29) is 17.3 Å². The number of benzene rings is 2. The average molecular weight is 529 g/mol. The number of allylic oxidation sites excluding steroid dienone is 1. The van der Waals surface area contributed by atoms with Crippen LogP contribution in [0.5, 0.6) is 0 Å². The highest BCUT2D eigenvalue weighted by Gasteiger charge is 2.20. The van der Waals surface area contributed by atoms with Gasteiger partial charge in [-0.1, -0.05) is 52.3 Å². The Kier molecular flexibility index (Phi) is 7.42. The Morgan fingerprint density at radius 3 is 2.46 bits per heavy atom. The number of aliphatic imine (C=N–C) groups is 1. The lowest BCUT2D eigenvalue weighted by atomic mass is 9.97. The maximum absolute atomic E-state index is 13.3. The van der Waals surface area contributed by atoms with E-state index in [0.717, 1.165) is 27.7 Å². The fourth-order valence-corrected chi connectivity index (χ4v) is 3.94. The summed E-state index contributed by atoms with van der Waals surface area (Å²) in [6.07, 6.45) is 7.93. The lowest BCUT2D eigenvalue weighted by molar-refractivity contribution is 0.0696. The van der Waals surface area contributed by atoms with E-state index in [1.165, 1.54) is 18.3 Å². The van der Waals surface area contributed by atoms with Crippen LogP contribution in [-0.2, 0) is 0 Å². The molecule has 174 valence electrons. The van der Waals surface area contributed by atoms with Crippen molar-refractivity contribution in [3.8, 4) is 11.3 Å². The van der Waals surface area contributed by atoms with Crippen LogP contribution in [0, 0.1) is 6.92 Å². The van der Waals surface area contributed by atoms with Crippen molar-refractivity contribution in [2.24, 2.45) is 4.99 Å². The molecule has 3 heterocycles. The molecule has 0 atom stereocenters. The molecule has 2 aromatic carbocycles. The number of pyridine rings is 2. The van der Waals surface area contributed by atoms with Gasteiger partial charge in [-0.3, -0.25) is 9.79 Å². The Morgan fingerprint density at radius 1 is 1.06 bits per heavy atom. The third kappa shape index (κ3) is 5.67. The highest BCUT2D eigenvalue weighted by molar-refractivity contribution is 9.10. The number of hydrogen-bond donors (Lipinski definition) is 2. The van der Waals surface area contributed by atoms with E-state index in [1.807, 2.05) is 67.7 Å². The number of fused-ring (bicyclic) bond motifs is 1. The number of carboxylic acids is 1. The molecule has 1 aliphatic heterocycles. The van der Waals surface area contributed by atoms with Gasteiger partial charge in [0.25, 0.3) is 5.91 Å². The van der Waals surface area contributed by atoms with Crippen LogP contribution < -0.4 is 5.32 Å². The first-order valence-corrected chi connectivity index (χ1v) is 11.6. The summed E-state index contributed by atoms with van der Waals surface area (Å²) < 4.78 is 0.835. The summed E-state index contributed by atoms with van der Waals surface area (Å²) in [4.78, 5) is 36.9. The molecular weight excluding hydrogens is 508 g/mol. The quantitative estimate of drug-likeness (QED) is 0.323. The number of anilines is 1. The number of aromatic nitrogens is 2. The predicted octanol–water partition coefficient (Wildman–Crippen LogP) is 6.29. The van der Waals surface area contributed by atoms with Crippen LogP contribution in [-0.4, -0.2) is 33.2 Å². The molecular formula is C27H21BrN4O3. The first kappa shape index (κ1) is 24.0. The van der Waals surface area contributed by atoms with Gasteiger partial charge in [-0.25, -0.2) is 14.8 Å². The molecule has 1 aliphatic rings. The third-order valence-corrected chi connectivity index (χ3v) is 5.75. The molecule has 2 aromatic heterocycles. The summed E-state index contributed by atoms with van der Waals surface area (Å²) >= 11 is 3.46. The van der Waals surface area contributed by atoms with Gasteiger partial charge in [0.1, 0.15) is 5.82 Å². The first-order chi connectivity index (χ1) is 16.9. The number of aromatic carboxylic acids is 1. The fourth-order valence-electron chi connectivity index (χ4n) is 3.58. The molecule has 8 heteroatoms. The van der Waals surface area contributed by atoms with E-state index in [1.54, 1.807) is 6.20 Å². The molecule has 0 bridgehead atoms. The van der Waals surface area contributed by atoms with E-state index in [2.05, 4.69) is 31.2 Å². The van der Waals surface area contributed by atoms with Crippen molar-refractivity contribution in [2.75, 3.05) is 5.32 Å². The Labute approximate surface area is 210 Å². The number of halogens is 1. The summed E-state index contributed by atoms with van der Waals surface area (Å²) in [6, 6.07) is 18.2. The van der Waals surface area contributed by atoms with Crippen LogP contribution in [0.1, 0.15) is 32.7 Å². The highest BCUT2D eigenvalue weighted by atomic mass is 79.9. The van der Waals surface area contributed by atoms with Crippen LogP contribution in [0.2, 0.25) is 0 Å². The van der Waals surface area contributed by atoms with Crippen LogP contribution >= 0.6 is 15.9 Å². The molecule has 35 heavy (non-hydrogen) atoms. The van der Waals surface area contributed by atoms with E-state index < -0.39 is 5.97 Å². The van der Waals surface area contributed by atoms with E-state index in [9.17, 15) is 9.59 Å². The second-order valence-corrected chi connectivity index (χ2v) is 8.55. The standard InChI is InChI=1S/C23H16BrN3O3.C4H5N/c1-13-20(22(28)27-19-10-7-15(12-25-19)23(29)30)17-11-16(24)8-9-18(17)26-21(13)14-5-3-2-4-6-14;1-2-4-5-3-1/h2-12H,1H3,(H,29,30)(H,25,27,28);1,3-4H,2H2. The van der Waals surface area contributed by atoms with Gasteiger partial charge < -0.3 is 10.4 Å². The predicted molar refractivity (Wildman–Crippen MR) is 141 cm³/mol. The zero-order valence-electron chi connectivity index (χ0n) is 18.8. The van der Waals surface area contributed by atoms with Gasteiger partial charge in [-0.2, -0.15) is 0 Å². The van der Waals surface area contributed by atoms with E-state index in [0.29, 0.717) is 16.5 Å². The van der Waals surface area contributed by atoms with Crippen LogP contribution in [0.4, 0.5) is 5.82 Å². The molecule has 7 nitrogen and oxygen atoms in total. The highest BCUT2D eigenvalue weighted by Crippen LogP contribution is 2.31. The van der Waals surface area contributed by atoms with Gasteiger partial charge in [0, 0.05) is 40.5 Å². The maximum atomic E-state index is 13.3. The van der Waals surface area contributed by atoms with Crippen molar-refractivity contribution in [3.05, 3.63) is 100 Å². The summed E-state index contributed by atoms with van der Waals surface area (Å²) in [5.74, 6) is -1.15. The Bertz CT molecular complexity index is 1440. The zero-order valence-corrected chi connectivity index (χ0v) is 20.4. The third-order valence-electron chi connectivity index (χ3n) is 5.26. The smallest absolute Gasteiger partial charge is 0.337 e. The molecule has 0 saturated carbocycles. The van der Waals surface area contributed by atoms with Crippen molar-refractivity contribution in [2.45, 2.75) is 13.3 Å². The van der Waals surface area contributed by atoms with Gasteiger partial charge in [0.2, 0.25) is 0 Å². The summed E-state index contributed by atoms with van der Waals surface area (Å²) in [6.45, 7) is 1.87. The van der Waals surface area contributed by atoms with Crippen LogP contribution in [0.3, 0.4) is 0 Å². The summed E-state index contributed by atoms with van der Waals surface area (Å²) in [7, 11) is 0. The van der Waals surface area contributed by atoms with Crippen LogP contribution in [0.15, 0.2) is 88.6 Å². The van der Waals surface area contributed by atoms with Crippen molar-refractivity contribution in [3.63, 3.8) is 0 Å². The molecule has 0 unspecified atom stereocenters. The minimum atomic E-state index is -1.08. The van der Waals surface area contributed by atoms with Crippen LogP contribution in [0.25, 0.3) is 22.2 Å². The maximum Gasteiger partial charge on any atom is 0.337 e. The van der Waals surface area contributed by atoms with Gasteiger partial charge in [-0.05, 0) is 42.8 Å². The largest absolute Gasteiger partial charge is 0.478 e. The molecule has 0 saturated heterocycles. The molecule has 2 N–H and O–H groups in total. The lowest BCUT2D eigenvalue weighted by Crippen LogP contribution is -2.16. The SMILES string of the molecule is C1=CN=CC1.Cc1c(-c2ccccc2)nc2ccc(Br)cc2c1C(=O)Nc1ccc(C(=O)O)cn1. The number of amides is 1. The summed E-state index contributed by atoms with van der Waals surface area (Å²) in [5, 5.41) is 12.5. The number of carbonyl (C=O) groups excluding carboxylic acids is 1. The lowest BCUT2D eigenvalue weighted by Gasteiger charge is -2.15. The van der Waals surface area contributed by atoms with Gasteiger partial charge in [-0.15, -0.1) is 0 Å². The molecule has 1 amide bonds. The minimum Gasteiger partial charge on any atom is -0.478 e. The minimum absolute atomic E-state index is 0.0498. The Hall–Kier alpha value is -4.17. The van der Waals surface area contributed by atoms with Crippen molar-refractivity contribution >= 4 is 50.7 Å². The van der Waals surface area contributed by atoms with E-state index >= 15 is 0 Å². The van der Waals surface area contributed by atoms with Gasteiger partial charge in [0.05, 0.1) is 22.3 Å². The van der Waals surface area contributed by atoms with Gasteiger partial charge >= 0.3 is 5.97 Å². The van der Waals surface area contributed by atoms with Crippen molar-refractivity contribution < 1.29 is 14.7 Å². The normalized spacial score (nSPS) is 11.7. The number of hydrogen-bond acceptors (Lipinski definition) is 5. The Morgan fingerprint density at radius 2 is 1.86 bits per heavy atom. The molecule has 0 spiro atoms. The number of nitrogens with zero attached hydrogens (tertiary/aromatic N) is 3. The van der Waals surface area contributed by atoms with Crippen molar-refractivity contribution in [1.29, 1.82) is 0 Å². The molecule has 4 aromatic rings. The number of nitrogens with one attached hydrogen (secondary N) is 1. The second kappa shape index (κ2) is 10.8. The molecule has 0 radical (unpaired) electrons. The average Bonchev–Trinajstić information content (AvgIpc) is 3.45. The number of carboxylic acid groups (broad SMARTS) is 1. The molecule has 0 aliphatic carbocycles. The number of carbonyl (C=O) groups is 2. The Balaban J connectivity index is 0.000000514. The topological polar surface area (TPSA) is 105 Å².